The second kappa shape index (κ2) is 5.75. The van der Waals surface area contributed by atoms with Gasteiger partial charge in [-0.1, -0.05) is 12.1 Å². The van der Waals surface area contributed by atoms with Crippen molar-refractivity contribution in [1.29, 1.82) is 0 Å². The van der Waals surface area contributed by atoms with Gasteiger partial charge in [-0.05, 0) is 25.3 Å². The van der Waals surface area contributed by atoms with Gasteiger partial charge in [0.05, 0.1) is 4.92 Å². The Morgan fingerprint density at radius 1 is 1.41 bits per heavy atom. The van der Waals surface area contributed by atoms with Gasteiger partial charge in [-0.3, -0.25) is 10.1 Å². The minimum Gasteiger partial charge on any atom is -0.365 e. The van der Waals surface area contributed by atoms with Crippen molar-refractivity contribution in [1.82, 2.24) is 14.8 Å². The van der Waals surface area contributed by atoms with Crippen LogP contribution in [0.5, 0.6) is 0 Å². The fraction of sp³-hybridized carbons (Fsp3) is 0.467. The molecule has 1 fully saturated rings. The third kappa shape index (κ3) is 2.54. The second-order valence-corrected chi connectivity index (χ2v) is 5.78. The first-order valence-electron chi connectivity index (χ1n) is 7.40. The minimum atomic E-state index is -0.297. The molecule has 22 heavy (non-hydrogen) atoms. The van der Waals surface area contributed by atoms with Crippen LogP contribution in [0.25, 0.3) is 0 Å². The first-order chi connectivity index (χ1) is 10.6. The Kier molecular flexibility index (Phi) is 3.79. The predicted octanol–water partition coefficient (Wildman–Crippen LogP) is 2.42. The number of hydrogen-bond acceptors (Lipinski definition) is 5. The Morgan fingerprint density at radius 2 is 2.23 bits per heavy atom. The Labute approximate surface area is 128 Å². The molecule has 116 valence electrons. The molecule has 0 saturated carbocycles. The fourth-order valence-corrected chi connectivity index (χ4v) is 3.25. The lowest BCUT2D eigenvalue weighted by atomic mass is 9.96. The topological polar surface area (TPSA) is 77.1 Å². The van der Waals surface area contributed by atoms with Crippen molar-refractivity contribution in [3.05, 3.63) is 46.0 Å². The van der Waals surface area contributed by atoms with Crippen LogP contribution < -0.4 is 4.90 Å². The number of para-hydroxylation sites is 1. The molecule has 3 rings (SSSR count). The van der Waals surface area contributed by atoms with Crippen LogP contribution in [0.2, 0.25) is 0 Å². The van der Waals surface area contributed by atoms with Crippen molar-refractivity contribution in [3.63, 3.8) is 0 Å². The minimum absolute atomic E-state index is 0.179. The van der Waals surface area contributed by atoms with Crippen molar-refractivity contribution in [2.45, 2.75) is 25.7 Å². The Morgan fingerprint density at radius 3 is 2.91 bits per heavy atom. The van der Waals surface area contributed by atoms with Crippen molar-refractivity contribution in [2.75, 3.05) is 18.0 Å². The molecular weight excluding hydrogens is 282 g/mol. The van der Waals surface area contributed by atoms with Crippen LogP contribution in [0, 0.1) is 17.0 Å². The highest BCUT2D eigenvalue weighted by molar-refractivity contribution is 5.68. The SMILES string of the molecule is Cc1cccc([N+](=O)[O-])c1N1CCCC(c2nncn2C)C1. The molecule has 2 heterocycles. The number of nitrogens with zero attached hydrogens (tertiary/aromatic N) is 5. The zero-order valence-corrected chi connectivity index (χ0v) is 12.8. The van der Waals surface area contributed by atoms with Crippen LogP contribution in [-0.2, 0) is 7.05 Å². The molecule has 1 saturated heterocycles. The molecule has 7 nitrogen and oxygen atoms in total. The average Bonchev–Trinajstić information content (AvgIpc) is 2.93. The largest absolute Gasteiger partial charge is 0.365 e. The monoisotopic (exact) mass is 301 g/mol. The normalized spacial score (nSPS) is 18.5. The lowest BCUT2D eigenvalue weighted by Crippen LogP contribution is -2.36. The average molecular weight is 301 g/mol. The van der Waals surface area contributed by atoms with Gasteiger partial charge in [0.2, 0.25) is 0 Å². The van der Waals surface area contributed by atoms with Gasteiger partial charge in [-0.15, -0.1) is 10.2 Å². The molecule has 0 amide bonds. The summed E-state index contributed by atoms with van der Waals surface area (Å²) < 4.78 is 1.93. The highest BCUT2D eigenvalue weighted by atomic mass is 16.6. The number of aromatic nitrogens is 3. The molecule has 0 bridgehead atoms. The molecule has 1 unspecified atom stereocenters. The molecule has 7 heteroatoms. The number of aryl methyl sites for hydroxylation is 2. The molecule has 0 N–H and O–H groups in total. The van der Waals surface area contributed by atoms with Crippen molar-refractivity contribution < 1.29 is 4.92 Å². The van der Waals surface area contributed by atoms with Crippen molar-refractivity contribution in [2.24, 2.45) is 7.05 Å². The first-order valence-corrected chi connectivity index (χ1v) is 7.40. The van der Waals surface area contributed by atoms with Crippen LogP contribution >= 0.6 is 0 Å². The van der Waals surface area contributed by atoms with Gasteiger partial charge in [-0.25, -0.2) is 0 Å². The smallest absolute Gasteiger partial charge is 0.292 e. The standard InChI is InChI=1S/C15H19N5O2/c1-11-5-3-7-13(20(21)22)14(11)19-8-4-6-12(9-19)15-17-16-10-18(15)2/h3,5,7,10,12H,4,6,8-9H2,1-2H3. The van der Waals surface area contributed by atoms with E-state index in [1.165, 1.54) is 0 Å². The van der Waals surface area contributed by atoms with E-state index in [4.69, 9.17) is 0 Å². The molecule has 0 radical (unpaired) electrons. The number of hydrogen-bond donors (Lipinski definition) is 0. The Hall–Kier alpha value is -2.44. The maximum atomic E-state index is 11.3. The van der Waals surface area contributed by atoms with Crippen LogP contribution in [-0.4, -0.2) is 32.8 Å². The summed E-state index contributed by atoms with van der Waals surface area (Å²) in [4.78, 5) is 13.2. The van der Waals surface area contributed by atoms with Gasteiger partial charge >= 0.3 is 0 Å². The summed E-state index contributed by atoms with van der Waals surface area (Å²) in [6.07, 6.45) is 3.72. The van der Waals surface area contributed by atoms with Gasteiger partial charge in [0, 0.05) is 32.1 Å². The van der Waals surface area contributed by atoms with Gasteiger partial charge in [-0.2, -0.15) is 0 Å². The summed E-state index contributed by atoms with van der Waals surface area (Å²) in [7, 11) is 1.94. The Bertz CT molecular complexity index is 697. The number of piperidine rings is 1. The highest BCUT2D eigenvalue weighted by Gasteiger charge is 2.29. The molecule has 1 aromatic heterocycles. The molecule has 1 atom stereocenters. The predicted molar refractivity (Wildman–Crippen MR) is 83.0 cm³/mol. The first kappa shape index (κ1) is 14.5. The van der Waals surface area contributed by atoms with Crippen LogP contribution in [0.1, 0.15) is 30.1 Å². The lowest BCUT2D eigenvalue weighted by molar-refractivity contribution is -0.384. The molecule has 0 aliphatic carbocycles. The van der Waals surface area contributed by atoms with E-state index in [1.54, 1.807) is 18.5 Å². The third-order valence-corrected chi connectivity index (χ3v) is 4.26. The van der Waals surface area contributed by atoms with Crippen LogP contribution in [0.15, 0.2) is 24.5 Å². The summed E-state index contributed by atoms with van der Waals surface area (Å²) in [6, 6.07) is 5.24. The van der Waals surface area contributed by atoms with E-state index in [-0.39, 0.29) is 16.5 Å². The van der Waals surface area contributed by atoms with Gasteiger partial charge in [0.25, 0.3) is 5.69 Å². The third-order valence-electron chi connectivity index (χ3n) is 4.26. The quantitative estimate of drug-likeness (QED) is 0.642. The Balaban J connectivity index is 1.93. The van der Waals surface area contributed by atoms with Gasteiger partial charge < -0.3 is 9.47 Å². The molecule has 2 aromatic rings. The molecule has 0 spiro atoms. The van der Waals surface area contributed by atoms with E-state index in [1.807, 2.05) is 24.6 Å². The van der Waals surface area contributed by atoms with Crippen molar-refractivity contribution in [3.8, 4) is 0 Å². The summed E-state index contributed by atoms with van der Waals surface area (Å²) >= 11 is 0. The highest BCUT2D eigenvalue weighted by Crippen LogP contribution is 2.36. The van der Waals surface area contributed by atoms with Gasteiger partial charge in [0.1, 0.15) is 17.8 Å². The van der Waals surface area contributed by atoms with E-state index in [0.29, 0.717) is 0 Å². The summed E-state index contributed by atoms with van der Waals surface area (Å²) in [6.45, 7) is 3.49. The lowest BCUT2D eigenvalue weighted by Gasteiger charge is -2.34. The van der Waals surface area contributed by atoms with Crippen molar-refractivity contribution >= 4 is 11.4 Å². The van der Waals surface area contributed by atoms with E-state index in [2.05, 4.69) is 15.1 Å². The zero-order chi connectivity index (χ0) is 15.7. The van der Waals surface area contributed by atoms with E-state index >= 15 is 0 Å². The van der Waals surface area contributed by atoms with E-state index in [0.717, 1.165) is 43.0 Å². The molecular formula is C15H19N5O2. The second-order valence-electron chi connectivity index (χ2n) is 5.78. The maximum Gasteiger partial charge on any atom is 0.292 e. The molecule has 1 aliphatic heterocycles. The fourth-order valence-electron chi connectivity index (χ4n) is 3.25. The summed E-state index contributed by atoms with van der Waals surface area (Å²) in [5, 5.41) is 19.5. The maximum absolute atomic E-state index is 11.3. The summed E-state index contributed by atoms with van der Waals surface area (Å²) in [5.74, 6) is 1.20. The number of benzene rings is 1. The summed E-state index contributed by atoms with van der Waals surface area (Å²) in [5.41, 5.74) is 1.85. The van der Waals surface area contributed by atoms with Crippen LogP contribution in [0.4, 0.5) is 11.4 Å². The van der Waals surface area contributed by atoms with Crippen LogP contribution in [0.3, 0.4) is 0 Å². The van der Waals surface area contributed by atoms with E-state index < -0.39 is 0 Å². The number of nitro benzene ring substituents is 1. The van der Waals surface area contributed by atoms with Gasteiger partial charge in [0.15, 0.2) is 0 Å². The van der Waals surface area contributed by atoms with E-state index in [9.17, 15) is 10.1 Å². The number of anilines is 1. The number of rotatable bonds is 3. The number of nitro groups is 1. The molecule has 1 aliphatic rings. The zero-order valence-electron chi connectivity index (χ0n) is 12.8. The molecule has 1 aromatic carbocycles.